The Balaban J connectivity index is 1.99. The molecule has 0 saturated carbocycles. The summed E-state index contributed by atoms with van der Waals surface area (Å²) >= 11 is 0. The number of carbonyl (C=O) groups is 1. The number of aromatic nitrogens is 3. The minimum atomic E-state index is -4.38. The Bertz CT molecular complexity index is 839. The maximum atomic E-state index is 12.7. The summed E-state index contributed by atoms with van der Waals surface area (Å²) in [5, 5.41) is 7.88. The van der Waals surface area contributed by atoms with Crippen molar-refractivity contribution in [3.63, 3.8) is 0 Å². The number of carbonyl (C=O) groups excluding carboxylic acids is 1. The number of benzene rings is 1. The van der Waals surface area contributed by atoms with Crippen molar-refractivity contribution in [1.29, 1.82) is 0 Å². The smallest absolute Gasteiger partial charge is 0.298 e. The predicted octanol–water partition coefficient (Wildman–Crippen LogP) is 3.15. The molecule has 0 aliphatic heterocycles. The Morgan fingerprint density at radius 2 is 1.95 bits per heavy atom. The lowest BCUT2D eigenvalue weighted by molar-refractivity contribution is -0.137. The number of hydrogen-bond donors (Lipinski definition) is 0. The SMILES string of the molecule is O=Cc1cccn2c(Cc3cccc(C(F)(F)F)c3)nnc12. The first-order valence-electron chi connectivity index (χ1n) is 6.43. The minimum Gasteiger partial charge on any atom is -0.298 e. The average Bonchev–Trinajstić information content (AvgIpc) is 2.90. The van der Waals surface area contributed by atoms with Crippen LogP contribution in [0.3, 0.4) is 0 Å². The number of pyridine rings is 1. The van der Waals surface area contributed by atoms with Gasteiger partial charge in [0.2, 0.25) is 0 Å². The van der Waals surface area contributed by atoms with Gasteiger partial charge in [-0.1, -0.05) is 18.2 Å². The van der Waals surface area contributed by atoms with E-state index in [1.165, 1.54) is 6.07 Å². The van der Waals surface area contributed by atoms with E-state index in [2.05, 4.69) is 10.2 Å². The van der Waals surface area contributed by atoms with Gasteiger partial charge in [-0.15, -0.1) is 10.2 Å². The highest BCUT2D eigenvalue weighted by Crippen LogP contribution is 2.29. The van der Waals surface area contributed by atoms with Crippen LogP contribution in [0.25, 0.3) is 5.65 Å². The molecule has 2 heterocycles. The maximum absolute atomic E-state index is 12.7. The predicted molar refractivity (Wildman–Crippen MR) is 72.6 cm³/mol. The number of hydrogen-bond acceptors (Lipinski definition) is 3. The summed E-state index contributed by atoms with van der Waals surface area (Å²) in [6.07, 6.45) is -1.86. The largest absolute Gasteiger partial charge is 0.416 e. The average molecular weight is 305 g/mol. The van der Waals surface area contributed by atoms with E-state index in [9.17, 15) is 18.0 Å². The van der Waals surface area contributed by atoms with Gasteiger partial charge in [0, 0.05) is 12.6 Å². The van der Waals surface area contributed by atoms with E-state index in [0.717, 1.165) is 12.1 Å². The molecular weight excluding hydrogens is 295 g/mol. The topological polar surface area (TPSA) is 47.3 Å². The molecule has 3 aromatic rings. The van der Waals surface area contributed by atoms with Gasteiger partial charge in [0.05, 0.1) is 11.1 Å². The zero-order valence-electron chi connectivity index (χ0n) is 11.2. The molecule has 0 amide bonds. The Kier molecular flexibility index (Phi) is 3.40. The third kappa shape index (κ3) is 2.57. The van der Waals surface area contributed by atoms with Crippen molar-refractivity contribution in [2.24, 2.45) is 0 Å². The fourth-order valence-corrected chi connectivity index (χ4v) is 2.24. The molecule has 0 atom stereocenters. The fourth-order valence-electron chi connectivity index (χ4n) is 2.24. The monoisotopic (exact) mass is 305 g/mol. The second-order valence-electron chi connectivity index (χ2n) is 4.77. The maximum Gasteiger partial charge on any atom is 0.416 e. The molecule has 4 nitrogen and oxygen atoms in total. The molecule has 0 aliphatic rings. The van der Waals surface area contributed by atoms with E-state index in [1.807, 2.05) is 0 Å². The first-order chi connectivity index (χ1) is 10.5. The molecule has 112 valence electrons. The summed E-state index contributed by atoms with van der Waals surface area (Å²) in [5.41, 5.74) is 0.540. The summed E-state index contributed by atoms with van der Waals surface area (Å²) < 4.78 is 39.8. The van der Waals surface area contributed by atoms with E-state index < -0.39 is 11.7 Å². The zero-order valence-corrected chi connectivity index (χ0v) is 11.2. The molecule has 2 aromatic heterocycles. The van der Waals surface area contributed by atoms with Gasteiger partial charge < -0.3 is 0 Å². The molecule has 1 aromatic carbocycles. The quantitative estimate of drug-likeness (QED) is 0.698. The third-order valence-corrected chi connectivity index (χ3v) is 3.28. The van der Waals surface area contributed by atoms with Crippen LogP contribution in [-0.2, 0) is 12.6 Å². The Labute approximate surface area is 123 Å². The van der Waals surface area contributed by atoms with Gasteiger partial charge in [0.15, 0.2) is 11.9 Å². The number of aldehydes is 1. The van der Waals surface area contributed by atoms with Gasteiger partial charge in [-0.05, 0) is 23.8 Å². The van der Waals surface area contributed by atoms with E-state index in [0.29, 0.717) is 28.9 Å². The molecule has 0 radical (unpaired) electrons. The summed E-state index contributed by atoms with van der Waals surface area (Å²) in [4.78, 5) is 10.9. The molecule has 0 N–H and O–H groups in total. The van der Waals surface area contributed by atoms with Gasteiger partial charge in [-0.3, -0.25) is 9.20 Å². The van der Waals surface area contributed by atoms with Crippen molar-refractivity contribution < 1.29 is 18.0 Å². The van der Waals surface area contributed by atoms with Gasteiger partial charge in [0.1, 0.15) is 5.82 Å². The van der Waals surface area contributed by atoms with Crippen LogP contribution in [0.4, 0.5) is 13.2 Å². The lowest BCUT2D eigenvalue weighted by atomic mass is 10.1. The van der Waals surface area contributed by atoms with E-state index >= 15 is 0 Å². The Hall–Kier alpha value is -2.70. The van der Waals surface area contributed by atoms with E-state index in [-0.39, 0.29) is 6.42 Å². The van der Waals surface area contributed by atoms with E-state index in [1.54, 1.807) is 28.8 Å². The molecule has 0 unspecified atom stereocenters. The zero-order chi connectivity index (χ0) is 15.7. The van der Waals surface area contributed by atoms with Gasteiger partial charge in [0.25, 0.3) is 0 Å². The van der Waals surface area contributed by atoms with Crippen LogP contribution in [0.1, 0.15) is 27.3 Å². The van der Waals surface area contributed by atoms with Gasteiger partial charge >= 0.3 is 6.18 Å². The third-order valence-electron chi connectivity index (χ3n) is 3.28. The lowest BCUT2D eigenvalue weighted by Gasteiger charge is -2.08. The number of halogens is 3. The molecule has 0 aliphatic carbocycles. The first-order valence-corrected chi connectivity index (χ1v) is 6.43. The second kappa shape index (κ2) is 5.25. The minimum absolute atomic E-state index is 0.188. The highest BCUT2D eigenvalue weighted by Gasteiger charge is 2.30. The summed E-state index contributed by atoms with van der Waals surface area (Å²) in [5.74, 6) is 0.470. The Morgan fingerprint density at radius 3 is 2.68 bits per heavy atom. The molecule has 22 heavy (non-hydrogen) atoms. The molecular formula is C15H10F3N3O. The standard InChI is InChI=1S/C15H10F3N3O/c16-15(17,18)12-5-1-3-10(7-12)8-13-19-20-14-11(9-22)4-2-6-21(13)14/h1-7,9H,8H2. The lowest BCUT2D eigenvalue weighted by Crippen LogP contribution is -2.06. The second-order valence-corrected chi connectivity index (χ2v) is 4.77. The van der Waals surface area contributed by atoms with Crippen molar-refractivity contribution in [2.45, 2.75) is 12.6 Å². The van der Waals surface area contributed by atoms with Crippen molar-refractivity contribution in [1.82, 2.24) is 14.6 Å². The van der Waals surface area contributed by atoms with Crippen molar-refractivity contribution in [3.8, 4) is 0 Å². The molecule has 0 bridgehead atoms. The number of alkyl halides is 3. The van der Waals surface area contributed by atoms with Crippen molar-refractivity contribution in [2.75, 3.05) is 0 Å². The van der Waals surface area contributed by atoms with Crippen LogP contribution in [0.5, 0.6) is 0 Å². The highest BCUT2D eigenvalue weighted by molar-refractivity contribution is 5.83. The number of nitrogens with zero attached hydrogens (tertiary/aromatic N) is 3. The van der Waals surface area contributed by atoms with Gasteiger partial charge in [-0.25, -0.2) is 0 Å². The molecule has 3 rings (SSSR count). The van der Waals surface area contributed by atoms with Crippen LogP contribution in [0.2, 0.25) is 0 Å². The van der Waals surface area contributed by atoms with Gasteiger partial charge in [-0.2, -0.15) is 13.2 Å². The number of fused-ring (bicyclic) bond motifs is 1. The summed E-state index contributed by atoms with van der Waals surface area (Å²) in [6.45, 7) is 0. The van der Waals surface area contributed by atoms with Crippen LogP contribution in [0, 0.1) is 0 Å². The van der Waals surface area contributed by atoms with Crippen molar-refractivity contribution in [3.05, 3.63) is 65.1 Å². The van der Waals surface area contributed by atoms with Crippen LogP contribution < -0.4 is 0 Å². The molecule has 7 heteroatoms. The first kappa shape index (κ1) is 14.2. The summed E-state index contributed by atoms with van der Waals surface area (Å²) in [6, 6.07) is 8.33. The normalized spacial score (nSPS) is 11.8. The fraction of sp³-hybridized carbons (Fsp3) is 0.133. The van der Waals surface area contributed by atoms with Crippen LogP contribution in [-0.4, -0.2) is 20.9 Å². The van der Waals surface area contributed by atoms with Crippen LogP contribution in [0.15, 0.2) is 42.6 Å². The molecule has 0 fully saturated rings. The van der Waals surface area contributed by atoms with Crippen LogP contribution >= 0.6 is 0 Å². The summed E-state index contributed by atoms with van der Waals surface area (Å²) in [7, 11) is 0. The molecule has 0 saturated heterocycles. The Morgan fingerprint density at radius 1 is 1.14 bits per heavy atom. The van der Waals surface area contributed by atoms with Crippen molar-refractivity contribution >= 4 is 11.9 Å². The highest BCUT2D eigenvalue weighted by atomic mass is 19.4. The van der Waals surface area contributed by atoms with E-state index in [4.69, 9.17) is 0 Å². The molecule has 0 spiro atoms. The number of rotatable bonds is 3.